The molecule has 1 rings (SSSR count). The zero-order valence-corrected chi connectivity index (χ0v) is 9.37. The quantitative estimate of drug-likeness (QED) is 0.741. The molecule has 5 nitrogen and oxygen atoms in total. The van der Waals surface area contributed by atoms with Gasteiger partial charge in [0.1, 0.15) is 0 Å². The van der Waals surface area contributed by atoms with Crippen LogP contribution in [-0.2, 0) is 11.3 Å². The summed E-state index contributed by atoms with van der Waals surface area (Å²) in [5.41, 5.74) is 0.733. The van der Waals surface area contributed by atoms with E-state index in [-0.39, 0.29) is 0 Å². The van der Waals surface area contributed by atoms with E-state index >= 15 is 0 Å². The van der Waals surface area contributed by atoms with Crippen LogP contribution < -0.4 is 0 Å². The van der Waals surface area contributed by atoms with Gasteiger partial charge >= 0.3 is 0 Å². The van der Waals surface area contributed by atoms with Gasteiger partial charge in [-0.05, 0) is 19.1 Å². The van der Waals surface area contributed by atoms with Crippen LogP contribution in [0.4, 0.5) is 0 Å². The van der Waals surface area contributed by atoms with Gasteiger partial charge in [0, 0.05) is 13.2 Å². The van der Waals surface area contributed by atoms with Gasteiger partial charge in [-0.25, -0.2) is 0 Å². The van der Waals surface area contributed by atoms with Crippen LogP contribution in [0.1, 0.15) is 12.6 Å². The monoisotopic (exact) mass is 224 g/mol. The van der Waals surface area contributed by atoms with Crippen molar-refractivity contribution in [2.75, 3.05) is 7.05 Å². The number of pyridine rings is 1. The Morgan fingerprint density at radius 1 is 1.50 bits per heavy atom. The molecule has 0 aromatic carbocycles. The molecule has 0 aliphatic carbocycles. The zero-order chi connectivity index (χ0) is 12.1. The van der Waals surface area contributed by atoms with E-state index in [4.69, 9.17) is 5.11 Å². The standard InChI is InChI=1S/C11H16N2O3/c1-8(14)10(15)11(16)13(2)7-9-5-3-4-6-12-9/h3-6,8,10,14-15H,7H2,1-2H3/t8-,10+/m0/s1. The van der Waals surface area contributed by atoms with Crippen molar-refractivity contribution < 1.29 is 15.0 Å². The van der Waals surface area contributed by atoms with Crippen LogP contribution in [0.5, 0.6) is 0 Å². The average Bonchev–Trinajstić information content (AvgIpc) is 2.28. The highest BCUT2D eigenvalue weighted by atomic mass is 16.3. The summed E-state index contributed by atoms with van der Waals surface area (Å²) in [6.45, 7) is 1.68. The van der Waals surface area contributed by atoms with Crippen molar-refractivity contribution in [1.82, 2.24) is 9.88 Å². The smallest absolute Gasteiger partial charge is 0.254 e. The molecule has 1 heterocycles. The van der Waals surface area contributed by atoms with Crippen molar-refractivity contribution >= 4 is 5.91 Å². The van der Waals surface area contributed by atoms with Crippen LogP contribution in [0.25, 0.3) is 0 Å². The van der Waals surface area contributed by atoms with Crippen molar-refractivity contribution in [3.05, 3.63) is 30.1 Å². The molecular formula is C11H16N2O3. The second kappa shape index (κ2) is 5.58. The van der Waals surface area contributed by atoms with Gasteiger partial charge in [0.25, 0.3) is 5.91 Å². The second-order valence-electron chi connectivity index (χ2n) is 3.70. The number of amides is 1. The molecule has 0 fully saturated rings. The minimum atomic E-state index is -1.38. The molecule has 1 amide bonds. The Balaban J connectivity index is 2.59. The highest BCUT2D eigenvalue weighted by molar-refractivity contribution is 5.80. The summed E-state index contributed by atoms with van der Waals surface area (Å²) >= 11 is 0. The number of likely N-dealkylation sites (N-methyl/N-ethyl adjacent to an activating group) is 1. The first-order valence-electron chi connectivity index (χ1n) is 5.03. The number of hydrogen-bond donors (Lipinski definition) is 2. The summed E-state index contributed by atoms with van der Waals surface area (Å²) in [5.74, 6) is -0.513. The molecule has 0 radical (unpaired) electrons. The minimum absolute atomic E-state index is 0.309. The topological polar surface area (TPSA) is 73.7 Å². The highest BCUT2D eigenvalue weighted by Crippen LogP contribution is 2.03. The molecule has 1 aromatic heterocycles. The molecular weight excluding hydrogens is 208 g/mol. The van der Waals surface area contributed by atoms with E-state index < -0.39 is 18.1 Å². The number of aromatic nitrogens is 1. The third-order valence-corrected chi connectivity index (χ3v) is 2.21. The molecule has 0 unspecified atom stereocenters. The van der Waals surface area contributed by atoms with E-state index in [1.165, 1.54) is 11.8 Å². The van der Waals surface area contributed by atoms with Gasteiger partial charge in [-0.3, -0.25) is 9.78 Å². The molecule has 0 bridgehead atoms. The lowest BCUT2D eigenvalue weighted by atomic mass is 10.2. The summed E-state index contributed by atoms with van der Waals surface area (Å²) in [6.07, 6.45) is -0.814. The fourth-order valence-corrected chi connectivity index (χ4v) is 1.24. The third kappa shape index (κ3) is 3.29. The third-order valence-electron chi connectivity index (χ3n) is 2.21. The summed E-state index contributed by atoms with van der Waals surface area (Å²) in [4.78, 5) is 17.0. The number of aliphatic hydroxyl groups is 2. The Morgan fingerprint density at radius 3 is 2.69 bits per heavy atom. The molecule has 2 N–H and O–H groups in total. The highest BCUT2D eigenvalue weighted by Gasteiger charge is 2.23. The lowest BCUT2D eigenvalue weighted by molar-refractivity contribution is -0.144. The van der Waals surface area contributed by atoms with Crippen molar-refractivity contribution in [1.29, 1.82) is 0 Å². The molecule has 0 aliphatic heterocycles. The van der Waals surface area contributed by atoms with Crippen molar-refractivity contribution in [3.8, 4) is 0 Å². The maximum atomic E-state index is 11.6. The lowest BCUT2D eigenvalue weighted by Gasteiger charge is -2.21. The number of carbonyl (C=O) groups is 1. The molecule has 2 atom stereocenters. The van der Waals surface area contributed by atoms with Gasteiger partial charge in [0.2, 0.25) is 0 Å². The number of nitrogens with zero attached hydrogens (tertiary/aromatic N) is 2. The Kier molecular flexibility index (Phi) is 4.39. The summed E-state index contributed by atoms with van der Waals surface area (Å²) < 4.78 is 0. The van der Waals surface area contributed by atoms with Gasteiger partial charge in [0.05, 0.1) is 18.3 Å². The van der Waals surface area contributed by atoms with Crippen LogP contribution >= 0.6 is 0 Å². The maximum absolute atomic E-state index is 11.6. The first-order chi connectivity index (χ1) is 7.52. The van der Waals surface area contributed by atoms with Crippen LogP contribution in [0.3, 0.4) is 0 Å². The van der Waals surface area contributed by atoms with E-state index in [9.17, 15) is 9.90 Å². The minimum Gasteiger partial charge on any atom is -0.390 e. The molecule has 88 valence electrons. The average molecular weight is 224 g/mol. The van der Waals surface area contributed by atoms with Crippen molar-refractivity contribution in [3.63, 3.8) is 0 Å². The van der Waals surface area contributed by atoms with E-state index in [1.54, 1.807) is 25.4 Å². The molecule has 0 saturated heterocycles. The van der Waals surface area contributed by atoms with E-state index in [0.29, 0.717) is 6.54 Å². The Morgan fingerprint density at radius 2 is 2.19 bits per heavy atom. The number of carbonyl (C=O) groups excluding carboxylic acids is 1. The van der Waals surface area contributed by atoms with Crippen LogP contribution in [0.2, 0.25) is 0 Å². The second-order valence-corrected chi connectivity index (χ2v) is 3.70. The number of aliphatic hydroxyl groups excluding tert-OH is 2. The fourth-order valence-electron chi connectivity index (χ4n) is 1.24. The van der Waals surface area contributed by atoms with Crippen molar-refractivity contribution in [2.24, 2.45) is 0 Å². The fraction of sp³-hybridized carbons (Fsp3) is 0.455. The van der Waals surface area contributed by atoms with E-state index in [2.05, 4.69) is 4.98 Å². The van der Waals surface area contributed by atoms with E-state index in [1.807, 2.05) is 6.07 Å². The van der Waals surface area contributed by atoms with Gasteiger partial charge < -0.3 is 15.1 Å². The molecule has 5 heteroatoms. The first kappa shape index (κ1) is 12.6. The van der Waals surface area contributed by atoms with Crippen LogP contribution in [0, 0.1) is 0 Å². The van der Waals surface area contributed by atoms with Gasteiger partial charge in [-0.2, -0.15) is 0 Å². The molecule has 0 saturated carbocycles. The maximum Gasteiger partial charge on any atom is 0.254 e. The summed E-state index contributed by atoms with van der Waals surface area (Å²) in [5, 5.41) is 18.5. The number of hydrogen-bond acceptors (Lipinski definition) is 4. The largest absolute Gasteiger partial charge is 0.390 e. The van der Waals surface area contributed by atoms with Gasteiger partial charge in [0.15, 0.2) is 6.10 Å². The Bertz CT molecular complexity index is 340. The first-order valence-corrected chi connectivity index (χ1v) is 5.03. The van der Waals surface area contributed by atoms with Gasteiger partial charge in [-0.1, -0.05) is 6.07 Å². The molecule has 1 aromatic rings. The summed E-state index contributed by atoms with van der Waals surface area (Å²) in [7, 11) is 1.56. The zero-order valence-electron chi connectivity index (χ0n) is 9.37. The normalized spacial score (nSPS) is 14.2. The molecule has 16 heavy (non-hydrogen) atoms. The van der Waals surface area contributed by atoms with Crippen LogP contribution in [-0.4, -0.2) is 45.3 Å². The Labute approximate surface area is 94.4 Å². The predicted octanol–water partition coefficient (Wildman–Crippen LogP) is -0.218. The Hall–Kier alpha value is -1.46. The summed E-state index contributed by atoms with van der Waals surface area (Å²) in [6, 6.07) is 5.40. The lowest BCUT2D eigenvalue weighted by Crippen LogP contribution is -2.41. The van der Waals surface area contributed by atoms with E-state index in [0.717, 1.165) is 5.69 Å². The van der Waals surface area contributed by atoms with Crippen LogP contribution in [0.15, 0.2) is 24.4 Å². The SMILES string of the molecule is C[C@H](O)[C@@H](O)C(=O)N(C)Cc1ccccn1. The predicted molar refractivity (Wildman–Crippen MR) is 58.4 cm³/mol. The number of rotatable bonds is 4. The molecule has 0 spiro atoms. The van der Waals surface area contributed by atoms with Crippen molar-refractivity contribution in [2.45, 2.75) is 25.7 Å². The molecule has 0 aliphatic rings. The van der Waals surface area contributed by atoms with Gasteiger partial charge in [-0.15, -0.1) is 0 Å².